The van der Waals surface area contributed by atoms with Gasteiger partial charge in [0.25, 0.3) is 0 Å². The second kappa shape index (κ2) is 11.4. The predicted octanol–water partition coefficient (Wildman–Crippen LogP) is 3.84. The molecule has 7 nitrogen and oxygen atoms in total. The number of ether oxygens (including phenoxy) is 1. The van der Waals surface area contributed by atoms with Crippen LogP contribution >= 0.6 is 12.2 Å². The topological polar surface area (TPSA) is 89.0 Å². The van der Waals surface area contributed by atoms with Gasteiger partial charge in [0.2, 0.25) is 5.91 Å². The molecule has 0 saturated heterocycles. The Balaban J connectivity index is 1.60. The van der Waals surface area contributed by atoms with E-state index >= 15 is 0 Å². The predicted molar refractivity (Wildman–Crippen MR) is 125 cm³/mol. The Hall–Kier alpha value is -3.26. The van der Waals surface area contributed by atoms with Crippen LogP contribution in [-0.4, -0.2) is 39.8 Å². The third kappa shape index (κ3) is 6.37. The molecule has 0 aliphatic carbocycles. The molecule has 8 heteroatoms. The highest BCUT2D eigenvalue weighted by Crippen LogP contribution is 2.18. The van der Waals surface area contributed by atoms with Crippen molar-refractivity contribution in [1.82, 2.24) is 20.1 Å². The Labute approximate surface area is 192 Å². The van der Waals surface area contributed by atoms with E-state index in [0.29, 0.717) is 30.2 Å². The first-order valence-electron chi connectivity index (χ1n) is 10.7. The molecule has 1 aromatic heterocycles. The third-order valence-corrected chi connectivity index (χ3v) is 5.43. The molecule has 3 rings (SSSR count). The summed E-state index contributed by atoms with van der Waals surface area (Å²) in [6, 6.07) is 17.7. The Morgan fingerprint density at radius 3 is 2.56 bits per heavy atom. The lowest BCUT2D eigenvalue weighted by Gasteiger charge is -2.16. The van der Waals surface area contributed by atoms with Crippen molar-refractivity contribution in [2.45, 2.75) is 33.2 Å². The van der Waals surface area contributed by atoms with E-state index in [9.17, 15) is 9.59 Å². The molecule has 0 spiro atoms. The van der Waals surface area contributed by atoms with E-state index in [1.54, 1.807) is 6.92 Å². The largest absolute Gasteiger partial charge is 0.466 e. The van der Waals surface area contributed by atoms with Crippen molar-refractivity contribution in [3.63, 3.8) is 0 Å². The lowest BCUT2D eigenvalue weighted by molar-refractivity contribution is -0.147. The Kier molecular flexibility index (Phi) is 8.33. The maximum Gasteiger partial charge on any atom is 0.311 e. The van der Waals surface area contributed by atoms with Gasteiger partial charge >= 0.3 is 5.97 Å². The number of aromatic amines is 1. The molecule has 0 fully saturated rings. The lowest BCUT2D eigenvalue weighted by atomic mass is 9.99. The number of aryl methyl sites for hydroxylation is 1. The fourth-order valence-corrected chi connectivity index (χ4v) is 3.61. The number of H-pyrrole nitrogens is 1. The summed E-state index contributed by atoms with van der Waals surface area (Å²) in [5.74, 6) is -0.225. The second-order valence-electron chi connectivity index (χ2n) is 7.56. The van der Waals surface area contributed by atoms with Gasteiger partial charge in [0.15, 0.2) is 10.6 Å². The van der Waals surface area contributed by atoms with E-state index in [1.165, 1.54) is 0 Å². The van der Waals surface area contributed by atoms with Gasteiger partial charge < -0.3 is 10.1 Å². The van der Waals surface area contributed by atoms with Gasteiger partial charge in [-0.3, -0.25) is 19.3 Å². The van der Waals surface area contributed by atoms with E-state index < -0.39 is 5.92 Å². The summed E-state index contributed by atoms with van der Waals surface area (Å²) in [4.78, 5) is 24.9. The molecule has 0 bridgehead atoms. The van der Waals surface area contributed by atoms with Crippen molar-refractivity contribution in [2.75, 3.05) is 13.2 Å². The first-order valence-corrected chi connectivity index (χ1v) is 11.1. The molecule has 2 aromatic carbocycles. The molecule has 1 unspecified atom stereocenters. The molecular formula is C24H28N4O3S. The number of hydrogen-bond acceptors (Lipinski definition) is 5. The van der Waals surface area contributed by atoms with Gasteiger partial charge in [-0.25, -0.2) is 0 Å². The van der Waals surface area contributed by atoms with Crippen molar-refractivity contribution in [3.8, 4) is 11.4 Å². The Bertz CT molecular complexity index is 1090. The number of nitrogens with zero attached hydrogens (tertiary/aromatic N) is 2. The maximum absolute atomic E-state index is 12.5. The highest BCUT2D eigenvalue weighted by Gasteiger charge is 2.21. The van der Waals surface area contributed by atoms with Crippen LogP contribution in [0.15, 0.2) is 54.6 Å². The van der Waals surface area contributed by atoms with Crippen LogP contribution < -0.4 is 5.32 Å². The maximum atomic E-state index is 12.5. The van der Waals surface area contributed by atoms with Crippen LogP contribution in [0.1, 0.15) is 24.5 Å². The zero-order valence-corrected chi connectivity index (χ0v) is 19.2. The van der Waals surface area contributed by atoms with Gasteiger partial charge in [-0.15, -0.1) is 0 Å². The number of benzene rings is 2. The van der Waals surface area contributed by atoms with Crippen LogP contribution in [0.3, 0.4) is 0 Å². The van der Waals surface area contributed by atoms with Gasteiger partial charge in [0.1, 0.15) is 0 Å². The van der Waals surface area contributed by atoms with Gasteiger partial charge in [-0.1, -0.05) is 60.2 Å². The number of aromatic nitrogens is 3. The van der Waals surface area contributed by atoms with Crippen LogP contribution in [-0.2, 0) is 27.3 Å². The zero-order valence-electron chi connectivity index (χ0n) is 18.3. The molecule has 0 aliphatic heterocycles. The lowest BCUT2D eigenvalue weighted by Crippen LogP contribution is -2.35. The minimum absolute atomic E-state index is 0.162. The summed E-state index contributed by atoms with van der Waals surface area (Å²) in [6.07, 6.45) is 0.720. The minimum atomic E-state index is -0.444. The normalized spacial score (nSPS) is 11.7. The van der Waals surface area contributed by atoms with E-state index in [0.717, 1.165) is 16.7 Å². The van der Waals surface area contributed by atoms with E-state index in [1.807, 2.05) is 66.1 Å². The SMILES string of the molecule is CCOC(=O)C(CNC(=O)CCn1c(-c2ccc(C)cc2)n[nH]c1=S)Cc1ccccc1. The molecule has 1 amide bonds. The van der Waals surface area contributed by atoms with Gasteiger partial charge in [-0.05, 0) is 38.0 Å². The monoisotopic (exact) mass is 452 g/mol. The van der Waals surface area contributed by atoms with Crippen LogP contribution in [0.5, 0.6) is 0 Å². The van der Waals surface area contributed by atoms with Crippen LogP contribution in [0, 0.1) is 17.6 Å². The first-order chi connectivity index (χ1) is 15.5. The number of esters is 1. The molecule has 0 saturated carbocycles. The van der Waals surface area contributed by atoms with Crippen LogP contribution in [0.2, 0.25) is 0 Å². The van der Waals surface area contributed by atoms with Crippen molar-refractivity contribution >= 4 is 24.1 Å². The average Bonchev–Trinajstić information content (AvgIpc) is 3.16. The molecule has 32 heavy (non-hydrogen) atoms. The molecule has 0 radical (unpaired) electrons. The highest BCUT2D eigenvalue weighted by molar-refractivity contribution is 7.71. The van der Waals surface area contributed by atoms with Crippen molar-refractivity contribution in [3.05, 3.63) is 70.5 Å². The fourth-order valence-electron chi connectivity index (χ4n) is 3.38. The summed E-state index contributed by atoms with van der Waals surface area (Å²) in [5.41, 5.74) is 3.10. The summed E-state index contributed by atoms with van der Waals surface area (Å²) in [5, 5.41) is 9.99. The van der Waals surface area contributed by atoms with Crippen molar-refractivity contribution < 1.29 is 14.3 Å². The summed E-state index contributed by atoms with van der Waals surface area (Å²) < 4.78 is 7.47. The molecule has 1 heterocycles. The Morgan fingerprint density at radius 1 is 1.16 bits per heavy atom. The molecule has 2 N–H and O–H groups in total. The van der Waals surface area contributed by atoms with E-state index in [2.05, 4.69) is 15.5 Å². The smallest absolute Gasteiger partial charge is 0.311 e. The van der Waals surface area contributed by atoms with Gasteiger partial charge in [0, 0.05) is 25.1 Å². The minimum Gasteiger partial charge on any atom is -0.466 e. The molecule has 1 atom stereocenters. The zero-order chi connectivity index (χ0) is 22.9. The summed E-state index contributed by atoms with van der Waals surface area (Å²) in [6.45, 7) is 4.70. The number of rotatable bonds is 10. The molecule has 0 aliphatic rings. The van der Waals surface area contributed by atoms with Crippen LogP contribution in [0.4, 0.5) is 0 Å². The quantitative estimate of drug-likeness (QED) is 0.360. The van der Waals surface area contributed by atoms with E-state index in [-0.39, 0.29) is 24.8 Å². The molecule has 168 valence electrons. The fraction of sp³-hybridized carbons (Fsp3) is 0.333. The third-order valence-electron chi connectivity index (χ3n) is 5.12. The number of carbonyl (C=O) groups is 2. The molecular weight excluding hydrogens is 424 g/mol. The van der Waals surface area contributed by atoms with Crippen molar-refractivity contribution in [2.24, 2.45) is 5.92 Å². The first kappa shape index (κ1) is 23.4. The number of carbonyl (C=O) groups excluding carboxylic acids is 2. The summed E-state index contributed by atoms with van der Waals surface area (Å²) >= 11 is 5.34. The standard InChI is InChI=1S/C24H28N4O3S/c1-3-31-23(30)20(15-18-7-5-4-6-8-18)16-25-21(29)13-14-28-22(26-27-24(28)32)19-11-9-17(2)10-12-19/h4-12,20H,3,13-16H2,1-2H3,(H,25,29)(H,27,32). The number of nitrogens with one attached hydrogen (secondary N) is 2. The van der Waals surface area contributed by atoms with E-state index in [4.69, 9.17) is 17.0 Å². The summed E-state index contributed by atoms with van der Waals surface area (Å²) in [7, 11) is 0. The van der Waals surface area contributed by atoms with Gasteiger partial charge in [-0.2, -0.15) is 5.10 Å². The Morgan fingerprint density at radius 2 is 1.88 bits per heavy atom. The van der Waals surface area contributed by atoms with Gasteiger partial charge in [0.05, 0.1) is 12.5 Å². The second-order valence-corrected chi connectivity index (χ2v) is 7.95. The number of amides is 1. The average molecular weight is 453 g/mol. The van der Waals surface area contributed by atoms with Crippen molar-refractivity contribution in [1.29, 1.82) is 0 Å². The molecule has 3 aromatic rings. The highest BCUT2D eigenvalue weighted by atomic mass is 32.1. The number of hydrogen-bond donors (Lipinski definition) is 2. The van der Waals surface area contributed by atoms with Crippen LogP contribution in [0.25, 0.3) is 11.4 Å².